The van der Waals surface area contributed by atoms with E-state index < -0.39 is 6.17 Å². The molecule has 0 aliphatic carbocycles. The zero-order valence-corrected chi connectivity index (χ0v) is 27.2. The molecule has 0 N–H and O–H groups in total. The van der Waals surface area contributed by atoms with Gasteiger partial charge in [-0.1, -0.05) is 91.0 Å². The number of aromatic nitrogens is 5. The number of hydrogen-bond acceptors (Lipinski definition) is 2. The Hall–Kier alpha value is -6.53. The van der Waals surface area contributed by atoms with Crippen LogP contribution in [0.3, 0.4) is 0 Å². The molecule has 0 spiro atoms. The van der Waals surface area contributed by atoms with Gasteiger partial charge in [-0.2, -0.15) is 0 Å². The fourth-order valence-corrected chi connectivity index (χ4v) is 7.74. The summed E-state index contributed by atoms with van der Waals surface area (Å²) in [6, 6.07) is 51.1. The fourth-order valence-electron chi connectivity index (χ4n) is 7.74. The Balaban J connectivity index is 1.21. The number of rotatable bonds is 5. The summed E-state index contributed by atoms with van der Waals surface area (Å²) in [5.41, 5.74) is 9.27. The average molecular weight is 648 g/mol. The van der Waals surface area contributed by atoms with Crippen molar-refractivity contribution in [2.24, 2.45) is 7.05 Å². The van der Waals surface area contributed by atoms with E-state index in [4.69, 9.17) is 9.97 Å². The lowest BCUT2D eigenvalue weighted by atomic mass is 9.99. The van der Waals surface area contributed by atoms with E-state index in [-0.39, 0.29) is 0 Å². The molecule has 4 heterocycles. The molecule has 0 radical (unpaired) electrons. The van der Waals surface area contributed by atoms with Crippen LogP contribution in [0.4, 0.5) is 4.39 Å². The quantitative estimate of drug-likeness (QED) is 0.187. The number of benzene rings is 6. The standard InChI is InChI=1S/C44H30FN5/c1-48-37-19-8-6-17-35(37)47-44(48)30-13-11-12-28(26-30)42(45)29-21-22-34-39(27-29)50(40-20-9-10-25-46-40)38-24-23-33-32-16-5-7-18-36(32)49(43(33)41(34)38)31-14-3-2-4-15-31/h2-27,42H,1H3. The maximum Gasteiger partial charge on any atom is 0.150 e. The number of alkyl halides is 1. The monoisotopic (exact) mass is 647 g/mol. The predicted molar refractivity (Wildman–Crippen MR) is 202 cm³/mol. The van der Waals surface area contributed by atoms with Crippen LogP contribution >= 0.6 is 0 Å². The SMILES string of the molecule is Cn1c(-c2cccc(C(F)c3ccc4c5c(ccc6c7ccccc7n(-c7ccccc7)c65)n(-c5ccccn5)c4c3)c2)nc2ccccc21. The number of hydrogen-bond donors (Lipinski definition) is 0. The minimum atomic E-state index is -1.35. The summed E-state index contributed by atoms with van der Waals surface area (Å²) >= 11 is 0. The second-order valence-electron chi connectivity index (χ2n) is 12.8. The first-order valence-electron chi connectivity index (χ1n) is 16.8. The number of nitrogens with zero attached hydrogens (tertiary/aromatic N) is 5. The second kappa shape index (κ2) is 11.0. The van der Waals surface area contributed by atoms with Gasteiger partial charge in [0.05, 0.1) is 33.1 Å². The third-order valence-corrected chi connectivity index (χ3v) is 10.00. The zero-order chi connectivity index (χ0) is 33.3. The van der Waals surface area contributed by atoms with Crippen molar-refractivity contribution >= 4 is 54.6 Å². The largest absolute Gasteiger partial charge is 0.327 e. The summed E-state index contributed by atoms with van der Waals surface area (Å²) in [7, 11) is 2.00. The smallest absolute Gasteiger partial charge is 0.150 e. The summed E-state index contributed by atoms with van der Waals surface area (Å²) in [6.07, 6.45) is 0.459. The highest BCUT2D eigenvalue weighted by Gasteiger charge is 2.23. The van der Waals surface area contributed by atoms with Crippen LogP contribution in [0.15, 0.2) is 158 Å². The molecule has 0 bridgehead atoms. The number of aryl methyl sites for hydroxylation is 1. The van der Waals surface area contributed by atoms with Crippen LogP contribution < -0.4 is 0 Å². The van der Waals surface area contributed by atoms with Gasteiger partial charge < -0.3 is 9.13 Å². The predicted octanol–water partition coefficient (Wildman–Crippen LogP) is 10.9. The van der Waals surface area contributed by atoms with Crippen LogP contribution in [-0.4, -0.2) is 23.7 Å². The number of halogens is 1. The van der Waals surface area contributed by atoms with Gasteiger partial charge in [-0.3, -0.25) is 4.57 Å². The molecule has 0 amide bonds. The molecule has 6 aromatic carbocycles. The highest BCUT2D eigenvalue weighted by molar-refractivity contribution is 6.26. The van der Waals surface area contributed by atoms with Crippen LogP contribution in [0.2, 0.25) is 0 Å². The molecule has 4 aromatic heterocycles. The fraction of sp³-hybridized carbons (Fsp3) is 0.0455. The van der Waals surface area contributed by atoms with Crippen molar-refractivity contribution in [2.45, 2.75) is 6.17 Å². The van der Waals surface area contributed by atoms with Gasteiger partial charge in [0.2, 0.25) is 0 Å². The van der Waals surface area contributed by atoms with E-state index in [1.807, 2.05) is 85.9 Å². The maximum absolute atomic E-state index is 16.8. The van der Waals surface area contributed by atoms with Gasteiger partial charge in [-0.05, 0) is 71.8 Å². The summed E-state index contributed by atoms with van der Waals surface area (Å²) in [4.78, 5) is 9.65. The molecule has 5 nitrogen and oxygen atoms in total. The van der Waals surface area contributed by atoms with E-state index in [0.29, 0.717) is 11.1 Å². The molecule has 1 atom stereocenters. The van der Waals surface area contributed by atoms with Crippen LogP contribution in [-0.2, 0) is 7.05 Å². The topological polar surface area (TPSA) is 40.6 Å². The molecule has 1 unspecified atom stereocenters. The van der Waals surface area contributed by atoms with Crippen LogP contribution in [0, 0.1) is 0 Å². The zero-order valence-electron chi connectivity index (χ0n) is 27.2. The third kappa shape index (κ3) is 4.18. The molecule has 10 rings (SSSR count). The van der Waals surface area contributed by atoms with Gasteiger partial charge in [0.15, 0.2) is 6.17 Å². The number of para-hydroxylation sites is 4. The van der Waals surface area contributed by atoms with Gasteiger partial charge in [0, 0.05) is 46.0 Å². The normalized spacial score (nSPS) is 12.5. The number of pyridine rings is 1. The molecule has 0 aliphatic heterocycles. The maximum atomic E-state index is 16.8. The van der Waals surface area contributed by atoms with Crippen molar-refractivity contribution in [1.82, 2.24) is 23.7 Å². The average Bonchev–Trinajstić information content (AvgIpc) is 3.82. The Bertz CT molecular complexity index is 2900. The van der Waals surface area contributed by atoms with E-state index in [1.54, 1.807) is 6.20 Å². The van der Waals surface area contributed by atoms with Gasteiger partial charge in [0.25, 0.3) is 0 Å². The lowest BCUT2D eigenvalue weighted by molar-refractivity contribution is 0.402. The van der Waals surface area contributed by atoms with Crippen molar-refractivity contribution in [1.29, 1.82) is 0 Å². The summed E-state index contributed by atoms with van der Waals surface area (Å²) < 4.78 is 23.4. The van der Waals surface area contributed by atoms with Crippen molar-refractivity contribution < 1.29 is 4.39 Å². The van der Waals surface area contributed by atoms with Crippen molar-refractivity contribution in [3.8, 4) is 22.9 Å². The highest BCUT2D eigenvalue weighted by atomic mass is 19.1. The molecular weight excluding hydrogens is 618 g/mol. The highest BCUT2D eigenvalue weighted by Crippen LogP contribution is 2.43. The van der Waals surface area contributed by atoms with Crippen LogP contribution in [0.25, 0.3) is 77.5 Å². The molecule has 10 aromatic rings. The van der Waals surface area contributed by atoms with Gasteiger partial charge in [0.1, 0.15) is 11.6 Å². The first-order chi connectivity index (χ1) is 24.7. The molecule has 238 valence electrons. The lowest BCUT2D eigenvalue weighted by Gasteiger charge is -2.12. The first kappa shape index (κ1) is 28.5. The van der Waals surface area contributed by atoms with Gasteiger partial charge in [-0.15, -0.1) is 0 Å². The minimum Gasteiger partial charge on any atom is -0.327 e. The Morgan fingerprint density at radius 2 is 1.32 bits per heavy atom. The Morgan fingerprint density at radius 1 is 0.560 bits per heavy atom. The van der Waals surface area contributed by atoms with E-state index in [2.05, 4.69) is 86.5 Å². The van der Waals surface area contributed by atoms with Crippen molar-refractivity contribution in [3.05, 3.63) is 169 Å². The van der Waals surface area contributed by atoms with E-state index in [9.17, 15) is 0 Å². The molecule has 6 heteroatoms. The Morgan fingerprint density at radius 3 is 2.16 bits per heavy atom. The second-order valence-corrected chi connectivity index (χ2v) is 12.8. The number of fused-ring (bicyclic) bond motifs is 8. The van der Waals surface area contributed by atoms with E-state index in [1.165, 1.54) is 10.8 Å². The first-order valence-corrected chi connectivity index (χ1v) is 16.8. The molecule has 0 saturated heterocycles. The molecule has 0 fully saturated rings. The van der Waals surface area contributed by atoms with Gasteiger partial charge >= 0.3 is 0 Å². The summed E-state index contributed by atoms with van der Waals surface area (Å²) in [6.45, 7) is 0. The van der Waals surface area contributed by atoms with E-state index in [0.717, 1.165) is 66.8 Å². The van der Waals surface area contributed by atoms with Crippen LogP contribution in [0.5, 0.6) is 0 Å². The van der Waals surface area contributed by atoms with E-state index >= 15 is 4.39 Å². The molecular formula is C44H30FN5. The minimum absolute atomic E-state index is 0.583. The van der Waals surface area contributed by atoms with Crippen molar-refractivity contribution in [3.63, 3.8) is 0 Å². The lowest BCUT2D eigenvalue weighted by Crippen LogP contribution is -1.99. The van der Waals surface area contributed by atoms with Crippen molar-refractivity contribution in [2.75, 3.05) is 0 Å². The molecule has 0 saturated carbocycles. The summed E-state index contributed by atoms with van der Waals surface area (Å²) in [5, 5.41) is 4.51. The summed E-state index contributed by atoms with van der Waals surface area (Å²) in [5.74, 6) is 1.59. The molecule has 50 heavy (non-hydrogen) atoms. The van der Waals surface area contributed by atoms with Gasteiger partial charge in [-0.25, -0.2) is 14.4 Å². The Labute approximate surface area is 287 Å². The Kier molecular flexibility index (Phi) is 6.27. The number of imidazole rings is 1. The van der Waals surface area contributed by atoms with Crippen LogP contribution in [0.1, 0.15) is 17.3 Å². The third-order valence-electron chi connectivity index (χ3n) is 10.00. The molecule has 0 aliphatic rings.